The summed E-state index contributed by atoms with van der Waals surface area (Å²) in [4.78, 5) is 12.1. The average molecular weight is 267 g/mol. The second-order valence-corrected chi connectivity index (χ2v) is 5.04. The lowest BCUT2D eigenvalue weighted by molar-refractivity contribution is -0.119. The monoisotopic (exact) mass is 267 g/mol. The molecule has 0 aliphatic rings. The van der Waals surface area contributed by atoms with Gasteiger partial charge in [0.1, 0.15) is 5.92 Å². The molecule has 1 aromatic rings. The molecule has 0 aromatic carbocycles. The van der Waals surface area contributed by atoms with E-state index in [4.69, 9.17) is 10.9 Å². The Bertz CT molecular complexity index is 464. The van der Waals surface area contributed by atoms with E-state index >= 15 is 0 Å². The van der Waals surface area contributed by atoms with Crippen molar-refractivity contribution in [3.8, 4) is 0 Å². The largest absolute Gasteiger partial charge is 0.409 e. The fourth-order valence-electron chi connectivity index (χ4n) is 1.75. The third kappa shape index (κ3) is 3.70. The van der Waals surface area contributed by atoms with Gasteiger partial charge in [-0.2, -0.15) is 5.10 Å². The summed E-state index contributed by atoms with van der Waals surface area (Å²) in [5.41, 5.74) is 6.14. The fraction of sp³-hybridized carbons (Fsp3) is 0.583. The molecule has 1 unspecified atom stereocenters. The molecule has 19 heavy (non-hydrogen) atoms. The van der Waals surface area contributed by atoms with Crippen LogP contribution in [0.5, 0.6) is 0 Å². The summed E-state index contributed by atoms with van der Waals surface area (Å²) in [6.07, 6.45) is 3.31. The van der Waals surface area contributed by atoms with Crippen molar-refractivity contribution in [1.29, 1.82) is 0 Å². The van der Waals surface area contributed by atoms with E-state index in [0.29, 0.717) is 5.69 Å². The van der Waals surface area contributed by atoms with Gasteiger partial charge in [0.25, 0.3) is 0 Å². The first-order chi connectivity index (χ1) is 8.86. The van der Waals surface area contributed by atoms with Crippen molar-refractivity contribution in [3.05, 3.63) is 12.4 Å². The third-order valence-electron chi connectivity index (χ3n) is 2.78. The molecule has 0 fully saturated rings. The van der Waals surface area contributed by atoms with Crippen molar-refractivity contribution in [2.45, 2.75) is 33.7 Å². The number of carbonyl (C=O) groups is 1. The molecule has 0 radical (unpaired) electrons. The standard InChI is InChI=1S/C12H21N5O2/c1-7(2)10(11(13)16-19)12(18)15-9-5-14-17(6-9)8(3)4/h5-8,10,19H,1-4H3,(H2,13,16)(H,15,18). The number of carbonyl (C=O) groups excluding carboxylic acids is 1. The maximum atomic E-state index is 12.1. The van der Waals surface area contributed by atoms with Crippen molar-refractivity contribution >= 4 is 17.4 Å². The maximum absolute atomic E-state index is 12.1. The highest BCUT2D eigenvalue weighted by molar-refractivity contribution is 6.07. The maximum Gasteiger partial charge on any atom is 0.235 e. The van der Waals surface area contributed by atoms with E-state index in [0.717, 1.165) is 0 Å². The summed E-state index contributed by atoms with van der Waals surface area (Å²) >= 11 is 0. The predicted octanol–water partition coefficient (Wildman–Crippen LogP) is 1.42. The predicted molar refractivity (Wildman–Crippen MR) is 73.0 cm³/mol. The molecule has 4 N–H and O–H groups in total. The van der Waals surface area contributed by atoms with Gasteiger partial charge in [-0.25, -0.2) is 0 Å². The highest BCUT2D eigenvalue weighted by atomic mass is 16.4. The minimum absolute atomic E-state index is 0.0731. The van der Waals surface area contributed by atoms with Crippen LogP contribution in [0.15, 0.2) is 17.5 Å². The van der Waals surface area contributed by atoms with Crippen molar-refractivity contribution in [2.24, 2.45) is 22.7 Å². The summed E-state index contributed by atoms with van der Waals surface area (Å²) in [6.45, 7) is 7.65. The van der Waals surface area contributed by atoms with E-state index < -0.39 is 5.92 Å². The lowest BCUT2D eigenvalue weighted by Gasteiger charge is -2.18. The van der Waals surface area contributed by atoms with Crippen LogP contribution in [0.4, 0.5) is 5.69 Å². The number of amides is 1. The zero-order valence-corrected chi connectivity index (χ0v) is 11.7. The Kier molecular flexibility index (Phi) is 4.91. The zero-order valence-electron chi connectivity index (χ0n) is 11.7. The van der Waals surface area contributed by atoms with Gasteiger partial charge in [0.15, 0.2) is 5.84 Å². The zero-order chi connectivity index (χ0) is 14.6. The quantitative estimate of drug-likeness (QED) is 0.324. The second-order valence-electron chi connectivity index (χ2n) is 5.04. The summed E-state index contributed by atoms with van der Waals surface area (Å²) in [5.74, 6) is -1.15. The number of hydrogen-bond acceptors (Lipinski definition) is 4. The lowest BCUT2D eigenvalue weighted by atomic mass is 9.94. The molecule has 1 aromatic heterocycles. The molecular weight excluding hydrogens is 246 g/mol. The van der Waals surface area contributed by atoms with Gasteiger partial charge in [-0.05, 0) is 19.8 Å². The minimum Gasteiger partial charge on any atom is -0.409 e. The van der Waals surface area contributed by atoms with E-state index in [1.54, 1.807) is 17.1 Å². The van der Waals surface area contributed by atoms with Crippen molar-refractivity contribution in [3.63, 3.8) is 0 Å². The SMILES string of the molecule is CC(C)C(C(=O)Nc1cnn(C(C)C)c1)C(N)=NO. The van der Waals surface area contributed by atoms with Crippen LogP contribution in [-0.4, -0.2) is 26.7 Å². The first kappa shape index (κ1) is 15.0. The van der Waals surface area contributed by atoms with E-state index in [9.17, 15) is 4.79 Å². The molecule has 0 spiro atoms. The summed E-state index contributed by atoms with van der Waals surface area (Å²) in [7, 11) is 0. The van der Waals surface area contributed by atoms with Gasteiger partial charge in [0, 0.05) is 12.2 Å². The van der Waals surface area contributed by atoms with Gasteiger partial charge in [-0.1, -0.05) is 19.0 Å². The number of nitrogens with two attached hydrogens (primary N) is 1. The number of anilines is 1. The normalized spacial score (nSPS) is 13.9. The van der Waals surface area contributed by atoms with Crippen molar-refractivity contribution in [2.75, 3.05) is 5.32 Å². The molecular formula is C12H21N5O2. The molecule has 0 bridgehead atoms. The van der Waals surface area contributed by atoms with Gasteiger partial charge >= 0.3 is 0 Å². The molecule has 0 aliphatic heterocycles. The smallest absolute Gasteiger partial charge is 0.235 e. The van der Waals surface area contributed by atoms with Gasteiger partial charge in [0.2, 0.25) is 5.91 Å². The number of nitrogens with one attached hydrogen (secondary N) is 1. The Hall–Kier alpha value is -2.05. The Balaban J connectivity index is 2.81. The molecule has 7 heteroatoms. The summed E-state index contributed by atoms with van der Waals surface area (Å²) < 4.78 is 1.74. The molecule has 1 rings (SSSR count). The fourth-order valence-corrected chi connectivity index (χ4v) is 1.75. The Morgan fingerprint density at radius 2 is 2.11 bits per heavy atom. The van der Waals surface area contributed by atoms with Crippen LogP contribution in [0, 0.1) is 11.8 Å². The van der Waals surface area contributed by atoms with E-state index in [-0.39, 0.29) is 23.7 Å². The number of nitrogens with zero attached hydrogens (tertiary/aromatic N) is 3. The molecule has 0 saturated heterocycles. The third-order valence-corrected chi connectivity index (χ3v) is 2.78. The van der Waals surface area contributed by atoms with Crippen LogP contribution < -0.4 is 11.1 Å². The Morgan fingerprint density at radius 3 is 2.53 bits per heavy atom. The number of hydrogen-bond donors (Lipinski definition) is 3. The molecule has 1 amide bonds. The average Bonchev–Trinajstić information content (AvgIpc) is 2.76. The molecule has 7 nitrogen and oxygen atoms in total. The van der Waals surface area contributed by atoms with Crippen LogP contribution in [0.25, 0.3) is 0 Å². The number of amidine groups is 1. The molecule has 1 atom stereocenters. The minimum atomic E-state index is -0.674. The Morgan fingerprint density at radius 1 is 1.47 bits per heavy atom. The Labute approximate surface area is 112 Å². The van der Waals surface area contributed by atoms with Gasteiger partial charge in [0.05, 0.1) is 11.9 Å². The van der Waals surface area contributed by atoms with Gasteiger partial charge in [-0.15, -0.1) is 0 Å². The lowest BCUT2D eigenvalue weighted by Crippen LogP contribution is -2.38. The van der Waals surface area contributed by atoms with Gasteiger partial charge < -0.3 is 16.3 Å². The topological polar surface area (TPSA) is 106 Å². The van der Waals surface area contributed by atoms with E-state index in [1.807, 2.05) is 27.7 Å². The van der Waals surface area contributed by atoms with E-state index in [1.165, 1.54) is 0 Å². The highest BCUT2D eigenvalue weighted by Gasteiger charge is 2.27. The van der Waals surface area contributed by atoms with Crippen LogP contribution in [0.3, 0.4) is 0 Å². The summed E-state index contributed by atoms with van der Waals surface area (Å²) in [6, 6.07) is 0.218. The summed E-state index contributed by atoms with van der Waals surface area (Å²) in [5, 5.41) is 18.5. The highest BCUT2D eigenvalue weighted by Crippen LogP contribution is 2.16. The first-order valence-corrected chi connectivity index (χ1v) is 6.19. The van der Waals surface area contributed by atoms with Crippen LogP contribution in [0.2, 0.25) is 0 Å². The molecule has 0 saturated carbocycles. The van der Waals surface area contributed by atoms with Gasteiger partial charge in [-0.3, -0.25) is 9.48 Å². The van der Waals surface area contributed by atoms with Crippen molar-refractivity contribution in [1.82, 2.24) is 9.78 Å². The second kappa shape index (κ2) is 6.21. The molecule has 106 valence electrons. The van der Waals surface area contributed by atoms with Crippen LogP contribution in [-0.2, 0) is 4.79 Å². The molecule has 0 aliphatic carbocycles. The molecule has 1 heterocycles. The van der Waals surface area contributed by atoms with Crippen molar-refractivity contribution < 1.29 is 10.0 Å². The number of oxime groups is 1. The first-order valence-electron chi connectivity index (χ1n) is 6.19. The van der Waals surface area contributed by atoms with Crippen LogP contribution in [0.1, 0.15) is 33.7 Å². The number of rotatable bonds is 5. The van der Waals surface area contributed by atoms with E-state index in [2.05, 4.69) is 15.6 Å². The number of aromatic nitrogens is 2. The van der Waals surface area contributed by atoms with Crippen LogP contribution >= 0.6 is 0 Å².